The number of hydrogen-bond acceptors (Lipinski definition) is 4. The average molecular weight is 341 g/mol. The van der Waals surface area contributed by atoms with E-state index in [2.05, 4.69) is 10.3 Å². The van der Waals surface area contributed by atoms with E-state index in [1.807, 2.05) is 46.7 Å². The highest BCUT2D eigenvalue weighted by Crippen LogP contribution is 2.29. The Morgan fingerprint density at radius 3 is 3.08 bits per heavy atom. The van der Waals surface area contributed by atoms with E-state index in [-0.39, 0.29) is 11.9 Å². The number of amides is 2. The minimum atomic E-state index is -0.00999. The number of nitrogens with one attached hydrogen (secondary N) is 1. The normalized spacial score (nSPS) is 18.0. The van der Waals surface area contributed by atoms with Gasteiger partial charge in [-0.15, -0.1) is 11.3 Å². The molecule has 24 heavy (non-hydrogen) atoms. The lowest BCUT2D eigenvalue weighted by atomic mass is 9.98. The Morgan fingerprint density at radius 1 is 1.33 bits per heavy atom. The lowest BCUT2D eigenvalue weighted by Crippen LogP contribution is -2.44. The highest BCUT2D eigenvalue weighted by molar-refractivity contribution is 7.09. The van der Waals surface area contributed by atoms with E-state index < -0.39 is 0 Å². The van der Waals surface area contributed by atoms with Crippen LogP contribution in [0.4, 0.5) is 4.79 Å². The molecule has 0 spiro atoms. The number of oxazole rings is 1. The summed E-state index contributed by atoms with van der Waals surface area (Å²) in [7, 11) is 0. The monoisotopic (exact) mass is 341 g/mol. The van der Waals surface area contributed by atoms with Crippen LogP contribution in [0.15, 0.2) is 46.2 Å². The number of benzene rings is 1. The predicted molar refractivity (Wildman–Crippen MR) is 94.1 cm³/mol. The van der Waals surface area contributed by atoms with E-state index in [9.17, 15) is 4.79 Å². The van der Waals surface area contributed by atoms with Crippen LogP contribution in [0.3, 0.4) is 0 Å². The molecule has 0 bridgehead atoms. The SMILES string of the molecule is O=C(NCc1cccs1)N1CCC[C@@H](c2nc3ccccc3o2)C1. The van der Waals surface area contributed by atoms with Gasteiger partial charge in [-0.1, -0.05) is 18.2 Å². The van der Waals surface area contributed by atoms with Crippen LogP contribution in [0.2, 0.25) is 0 Å². The van der Waals surface area contributed by atoms with Gasteiger partial charge in [0.2, 0.25) is 0 Å². The van der Waals surface area contributed by atoms with Gasteiger partial charge in [-0.2, -0.15) is 0 Å². The zero-order chi connectivity index (χ0) is 16.4. The van der Waals surface area contributed by atoms with E-state index in [0.717, 1.165) is 41.3 Å². The Balaban J connectivity index is 1.42. The molecule has 1 aliphatic rings. The summed E-state index contributed by atoms with van der Waals surface area (Å²) in [5.41, 5.74) is 1.69. The number of aromatic nitrogens is 1. The van der Waals surface area contributed by atoms with Gasteiger partial charge >= 0.3 is 6.03 Å². The lowest BCUT2D eigenvalue weighted by Gasteiger charge is -2.31. The first kappa shape index (κ1) is 15.2. The number of piperidine rings is 1. The number of carbonyl (C=O) groups excluding carboxylic acids is 1. The summed E-state index contributed by atoms with van der Waals surface area (Å²) in [6.45, 7) is 2.02. The van der Waals surface area contributed by atoms with Gasteiger partial charge in [-0.05, 0) is 36.4 Å². The van der Waals surface area contributed by atoms with E-state index in [4.69, 9.17) is 4.42 Å². The number of para-hydroxylation sites is 2. The molecule has 3 aromatic rings. The molecule has 124 valence electrons. The molecule has 2 amide bonds. The number of likely N-dealkylation sites (tertiary alicyclic amines) is 1. The van der Waals surface area contributed by atoms with Gasteiger partial charge < -0.3 is 14.6 Å². The van der Waals surface area contributed by atoms with Gasteiger partial charge in [-0.25, -0.2) is 9.78 Å². The van der Waals surface area contributed by atoms with Gasteiger partial charge in [0.05, 0.1) is 12.5 Å². The maximum atomic E-state index is 12.4. The van der Waals surface area contributed by atoms with Crippen LogP contribution in [-0.4, -0.2) is 29.0 Å². The van der Waals surface area contributed by atoms with Crippen LogP contribution in [0.25, 0.3) is 11.1 Å². The van der Waals surface area contributed by atoms with Gasteiger partial charge in [0.15, 0.2) is 11.5 Å². The molecule has 2 aromatic heterocycles. The smallest absolute Gasteiger partial charge is 0.317 e. The molecule has 0 radical (unpaired) electrons. The summed E-state index contributed by atoms with van der Waals surface area (Å²) in [5, 5.41) is 5.02. The Kier molecular flexibility index (Phi) is 4.21. The first-order valence-electron chi connectivity index (χ1n) is 8.20. The second-order valence-electron chi connectivity index (χ2n) is 6.04. The van der Waals surface area contributed by atoms with Crippen molar-refractivity contribution in [2.24, 2.45) is 0 Å². The van der Waals surface area contributed by atoms with Crippen LogP contribution in [0.1, 0.15) is 29.5 Å². The van der Waals surface area contributed by atoms with Crippen LogP contribution >= 0.6 is 11.3 Å². The average Bonchev–Trinajstić information content (AvgIpc) is 3.29. The van der Waals surface area contributed by atoms with Crippen LogP contribution < -0.4 is 5.32 Å². The second-order valence-corrected chi connectivity index (χ2v) is 7.08. The molecule has 1 aliphatic heterocycles. The third-order valence-electron chi connectivity index (χ3n) is 4.36. The highest BCUT2D eigenvalue weighted by atomic mass is 32.1. The molecule has 1 N–H and O–H groups in total. The fourth-order valence-corrected chi connectivity index (χ4v) is 3.76. The standard InChI is InChI=1S/C18H19N3O2S/c22-18(19-11-14-6-4-10-24-14)21-9-3-5-13(12-21)17-20-15-7-1-2-8-16(15)23-17/h1-2,4,6-8,10,13H,3,5,9,11-12H2,(H,19,22)/t13-/m1/s1. The lowest BCUT2D eigenvalue weighted by molar-refractivity contribution is 0.174. The van der Waals surface area contributed by atoms with E-state index in [1.54, 1.807) is 11.3 Å². The number of nitrogens with zero attached hydrogens (tertiary/aromatic N) is 2. The molecule has 0 unspecified atom stereocenters. The molecule has 0 saturated carbocycles. The molecule has 1 atom stereocenters. The highest BCUT2D eigenvalue weighted by Gasteiger charge is 2.28. The zero-order valence-corrected chi connectivity index (χ0v) is 14.1. The summed E-state index contributed by atoms with van der Waals surface area (Å²) in [6.07, 6.45) is 1.97. The number of urea groups is 1. The van der Waals surface area contributed by atoms with Gasteiger partial charge in [0.25, 0.3) is 0 Å². The fraction of sp³-hybridized carbons (Fsp3) is 0.333. The molecule has 1 fully saturated rings. The molecule has 0 aliphatic carbocycles. The van der Waals surface area contributed by atoms with Crippen molar-refractivity contribution in [3.05, 3.63) is 52.5 Å². The summed E-state index contributed by atoms with van der Waals surface area (Å²) < 4.78 is 5.89. The van der Waals surface area contributed by atoms with Gasteiger partial charge in [0.1, 0.15) is 5.52 Å². The molecule has 6 heteroatoms. The quantitative estimate of drug-likeness (QED) is 0.784. The maximum absolute atomic E-state index is 12.4. The van der Waals surface area contributed by atoms with Crippen molar-refractivity contribution in [3.63, 3.8) is 0 Å². The first-order chi connectivity index (χ1) is 11.8. The number of carbonyl (C=O) groups is 1. The minimum absolute atomic E-state index is 0.00999. The van der Waals surface area contributed by atoms with Crippen molar-refractivity contribution in [3.8, 4) is 0 Å². The van der Waals surface area contributed by atoms with E-state index >= 15 is 0 Å². The van der Waals surface area contributed by atoms with Crippen molar-refractivity contribution in [2.45, 2.75) is 25.3 Å². The third-order valence-corrected chi connectivity index (χ3v) is 5.24. The molecule has 1 saturated heterocycles. The largest absolute Gasteiger partial charge is 0.440 e. The van der Waals surface area contributed by atoms with Crippen LogP contribution in [-0.2, 0) is 6.54 Å². The summed E-state index contributed by atoms with van der Waals surface area (Å²) in [6, 6.07) is 11.8. The molecular weight excluding hydrogens is 322 g/mol. The fourth-order valence-electron chi connectivity index (χ4n) is 3.12. The maximum Gasteiger partial charge on any atom is 0.317 e. The number of thiophene rings is 1. The number of hydrogen-bond donors (Lipinski definition) is 1. The van der Waals surface area contributed by atoms with E-state index in [0.29, 0.717) is 13.1 Å². The minimum Gasteiger partial charge on any atom is -0.440 e. The Hall–Kier alpha value is -2.34. The molecule has 3 heterocycles. The number of fused-ring (bicyclic) bond motifs is 1. The molecule has 4 rings (SSSR count). The molecule has 1 aromatic carbocycles. The van der Waals surface area contributed by atoms with Crippen molar-refractivity contribution in [2.75, 3.05) is 13.1 Å². The first-order valence-corrected chi connectivity index (χ1v) is 9.08. The van der Waals surface area contributed by atoms with Crippen LogP contribution in [0.5, 0.6) is 0 Å². The van der Waals surface area contributed by atoms with Crippen molar-refractivity contribution >= 4 is 28.5 Å². The Bertz CT molecular complexity index is 795. The zero-order valence-electron chi connectivity index (χ0n) is 13.3. The predicted octanol–water partition coefficient (Wildman–Crippen LogP) is 3.98. The topological polar surface area (TPSA) is 58.4 Å². The van der Waals surface area contributed by atoms with Gasteiger partial charge in [-0.3, -0.25) is 0 Å². The Labute approximate surface area is 144 Å². The molecular formula is C18H19N3O2S. The third kappa shape index (κ3) is 3.14. The summed E-state index contributed by atoms with van der Waals surface area (Å²) in [5.74, 6) is 0.908. The summed E-state index contributed by atoms with van der Waals surface area (Å²) in [4.78, 5) is 20.0. The Morgan fingerprint density at radius 2 is 2.25 bits per heavy atom. The van der Waals surface area contributed by atoms with Crippen LogP contribution in [0, 0.1) is 0 Å². The number of rotatable bonds is 3. The van der Waals surface area contributed by atoms with Gasteiger partial charge in [0, 0.05) is 18.0 Å². The van der Waals surface area contributed by atoms with Crippen molar-refractivity contribution in [1.29, 1.82) is 0 Å². The van der Waals surface area contributed by atoms with Crippen molar-refractivity contribution in [1.82, 2.24) is 15.2 Å². The summed E-state index contributed by atoms with van der Waals surface area (Å²) >= 11 is 1.65. The van der Waals surface area contributed by atoms with E-state index in [1.165, 1.54) is 0 Å². The molecule has 5 nitrogen and oxygen atoms in total. The van der Waals surface area contributed by atoms with Crippen molar-refractivity contribution < 1.29 is 9.21 Å². The second kappa shape index (κ2) is 6.65.